The third kappa shape index (κ3) is 2.90. The minimum Gasteiger partial charge on any atom is -0.373 e. The summed E-state index contributed by atoms with van der Waals surface area (Å²) in [6, 6.07) is 1.86. The maximum Gasteiger partial charge on any atom is 0.153 e. The molecule has 1 aliphatic heterocycles. The van der Waals surface area contributed by atoms with Gasteiger partial charge in [0.2, 0.25) is 0 Å². The molecule has 1 fully saturated rings. The van der Waals surface area contributed by atoms with Crippen LogP contribution >= 0.6 is 0 Å². The van der Waals surface area contributed by atoms with Gasteiger partial charge in [-0.2, -0.15) is 0 Å². The van der Waals surface area contributed by atoms with Crippen LogP contribution in [0.3, 0.4) is 0 Å². The van der Waals surface area contributed by atoms with Gasteiger partial charge in [0, 0.05) is 32.6 Å². The van der Waals surface area contributed by atoms with E-state index in [4.69, 9.17) is 0 Å². The average Bonchev–Trinajstić information content (AvgIpc) is 2.38. The highest BCUT2D eigenvalue weighted by Crippen LogP contribution is 2.18. The SMILES string of the molecule is CCc1nc(NC)cc(N2CCS(=O)(=O)CC2)n1. The Balaban J connectivity index is 2.23. The first-order chi connectivity index (χ1) is 8.54. The van der Waals surface area contributed by atoms with Gasteiger partial charge in [0.15, 0.2) is 9.84 Å². The number of hydrogen-bond acceptors (Lipinski definition) is 6. The summed E-state index contributed by atoms with van der Waals surface area (Å²) in [4.78, 5) is 10.8. The number of rotatable bonds is 3. The molecule has 1 N–H and O–H groups in total. The second-order valence-corrected chi connectivity index (χ2v) is 6.57. The smallest absolute Gasteiger partial charge is 0.153 e. The highest BCUT2D eigenvalue weighted by Gasteiger charge is 2.23. The van der Waals surface area contributed by atoms with E-state index in [2.05, 4.69) is 15.3 Å². The lowest BCUT2D eigenvalue weighted by Crippen LogP contribution is -2.40. The monoisotopic (exact) mass is 270 g/mol. The van der Waals surface area contributed by atoms with Crippen LogP contribution in [-0.4, -0.2) is 50.0 Å². The Hall–Kier alpha value is -1.37. The third-order valence-electron chi connectivity index (χ3n) is 3.00. The molecule has 1 aromatic heterocycles. The minimum absolute atomic E-state index is 0.202. The van der Waals surface area contributed by atoms with Crippen LogP contribution in [0.1, 0.15) is 12.7 Å². The number of aryl methyl sites for hydroxylation is 1. The lowest BCUT2D eigenvalue weighted by Gasteiger charge is -2.28. The summed E-state index contributed by atoms with van der Waals surface area (Å²) < 4.78 is 22.8. The number of nitrogens with zero attached hydrogens (tertiary/aromatic N) is 3. The number of hydrogen-bond donors (Lipinski definition) is 1. The van der Waals surface area contributed by atoms with Crippen LogP contribution in [0.5, 0.6) is 0 Å². The van der Waals surface area contributed by atoms with Gasteiger partial charge in [-0.25, -0.2) is 18.4 Å². The van der Waals surface area contributed by atoms with Crippen molar-refractivity contribution in [1.82, 2.24) is 9.97 Å². The van der Waals surface area contributed by atoms with E-state index < -0.39 is 9.84 Å². The molecule has 100 valence electrons. The Kier molecular flexibility index (Phi) is 3.70. The predicted octanol–water partition coefficient (Wildman–Crippen LogP) is 0.315. The van der Waals surface area contributed by atoms with E-state index in [1.807, 2.05) is 24.9 Å². The van der Waals surface area contributed by atoms with E-state index in [0.29, 0.717) is 13.1 Å². The van der Waals surface area contributed by atoms with Gasteiger partial charge >= 0.3 is 0 Å². The number of aromatic nitrogens is 2. The maximum atomic E-state index is 11.4. The minimum atomic E-state index is -2.86. The first kappa shape index (κ1) is 13.1. The van der Waals surface area contributed by atoms with E-state index in [9.17, 15) is 8.42 Å². The Morgan fingerprint density at radius 3 is 2.56 bits per heavy atom. The zero-order valence-electron chi connectivity index (χ0n) is 10.7. The Morgan fingerprint density at radius 1 is 1.33 bits per heavy atom. The summed E-state index contributed by atoms with van der Waals surface area (Å²) in [6.07, 6.45) is 0.759. The molecule has 0 radical (unpaired) electrons. The average molecular weight is 270 g/mol. The molecular weight excluding hydrogens is 252 g/mol. The van der Waals surface area contributed by atoms with Crippen molar-refractivity contribution in [3.05, 3.63) is 11.9 Å². The summed E-state index contributed by atoms with van der Waals surface area (Å²) >= 11 is 0. The quantitative estimate of drug-likeness (QED) is 0.852. The molecule has 2 rings (SSSR count). The molecule has 0 atom stereocenters. The molecule has 2 heterocycles. The van der Waals surface area contributed by atoms with Crippen molar-refractivity contribution in [2.24, 2.45) is 0 Å². The maximum absolute atomic E-state index is 11.4. The fourth-order valence-electron chi connectivity index (χ4n) is 1.87. The molecule has 1 aliphatic rings. The molecule has 0 amide bonds. The van der Waals surface area contributed by atoms with E-state index >= 15 is 0 Å². The molecule has 7 heteroatoms. The summed E-state index contributed by atoms with van der Waals surface area (Å²) in [6.45, 7) is 3.01. The molecule has 0 unspecified atom stereocenters. The molecular formula is C11H18N4O2S. The highest BCUT2D eigenvalue weighted by molar-refractivity contribution is 7.91. The topological polar surface area (TPSA) is 75.2 Å². The van der Waals surface area contributed by atoms with Gasteiger partial charge in [0.05, 0.1) is 11.5 Å². The first-order valence-corrected chi connectivity index (χ1v) is 7.87. The fourth-order valence-corrected chi connectivity index (χ4v) is 3.07. The van der Waals surface area contributed by atoms with Crippen LogP contribution in [0.15, 0.2) is 6.07 Å². The molecule has 1 saturated heterocycles. The normalized spacial score (nSPS) is 18.7. The number of nitrogens with one attached hydrogen (secondary N) is 1. The van der Waals surface area contributed by atoms with Crippen LogP contribution in [0.4, 0.5) is 11.6 Å². The second-order valence-electron chi connectivity index (χ2n) is 4.27. The van der Waals surface area contributed by atoms with Crippen LogP contribution in [0.25, 0.3) is 0 Å². The summed E-state index contributed by atoms with van der Waals surface area (Å²) in [5.74, 6) is 2.75. The molecule has 0 aromatic carbocycles. The summed E-state index contributed by atoms with van der Waals surface area (Å²) in [7, 11) is -1.04. The zero-order chi connectivity index (χ0) is 13.2. The lowest BCUT2D eigenvalue weighted by molar-refractivity contribution is 0.586. The van der Waals surface area contributed by atoms with Crippen molar-refractivity contribution in [3.63, 3.8) is 0 Å². The van der Waals surface area contributed by atoms with Crippen LogP contribution in [0, 0.1) is 0 Å². The number of anilines is 2. The van der Waals surface area contributed by atoms with E-state index in [0.717, 1.165) is 23.9 Å². The van der Waals surface area contributed by atoms with Gasteiger partial charge in [-0.05, 0) is 0 Å². The summed E-state index contributed by atoms with van der Waals surface area (Å²) in [5.41, 5.74) is 0. The first-order valence-electron chi connectivity index (χ1n) is 6.05. The largest absolute Gasteiger partial charge is 0.373 e. The highest BCUT2D eigenvalue weighted by atomic mass is 32.2. The molecule has 0 spiro atoms. The van der Waals surface area contributed by atoms with Crippen LogP contribution in [-0.2, 0) is 16.3 Å². The van der Waals surface area contributed by atoms with Gasteiger partial charge in [0.25, 0.3) is 0 Å². The molecule has 0 saturated carbocycles. The Bertz CT molecular complexity index is 494. The van der Waals surface area contributed by atoms with Gasteiger partial charge in [-0.1, -0.05) is 6.92 Å². The third-order valence-corrected chi connectivity index (χ3v) is 4.61. The van der Waals surface area contributed by atoms with Gasteiger partial charge in [0.1, 0.15) is 17.5 Å². The van der Waals surface area contributed by atoms with Crippen molar-refractivity contribution in [2.45, 2.75) is 13.3 Å². The standard InChI is InChI=1S/C11H18N4O2S/c1-3-9-13-10(12-2)8-11(14-9)15-4-6-18(16,17)7-5-15/h8H,3-7H2,1-2H3,(H,12,13,14). The summed E-state index contributed by atoms with van der Waals surface area (Å²) in [5, 5.41) is 3.00. The van der Waals surface area contributed by atoms with Crippen molar-refractivity contribution in [1.29, 1.82) is 0 Å². The van der Waals surface area contributed by atoms with Crippen molar-refractivity contribution < 1.29 is 8.42 Å². The van der Waals surface area contributed by atoms with Gasteiger partial charge in [-0.15, -0.1) is 0 Å². The fraction of sp³-hybridized carbons (Fsp3) is 0.636. The molecule has 1 aromatic rings. The molecule has 6 nitrogen and oxygen atoms in total. The molecule has 18 heavy (non-hydrogen) atoms. The van der Waals surface area contributed by atoms with E-state index in [1.165, 1.54) is 0 Å². The predicted molar refractivity (Wildman–Crippen MR) is 71.8 cm³/mol. The van der Waals surface area contributed by atoms with E-state index in [1.54, 1.807) is 0 Å². The molecule has 0 bridgehead atoms. The number of sulfone groups is 1. The van der Waals surface area contributed by atoms with Crippen LogP contribution < -0.4 is 10.2 Å². The lowest BCUT2D eigenvalue weighted by atomic mass is 10.4. The van der Waals surface area contributed by atoms with Crippen molar-refractivity contribution >= 4 is 21.5 Å². The zero-order valence-corrected chi connectivity index (χ0v) is 11.5. The van der Waals surface area contributed by atoms with Gasteiger partial charge in [-0.3, -0.25) is 0 Å². The Labute approximate surface area is 107 Å². The second kappa shape index (κ2) is 5.09. The molecule has 0 aliphatic carbocycles. The van der Waals surface area contributed by atoms with Crippen molar-refractivity contribution in [2.75, 3.05) is 41.9 Å². The Morgan fingerprint density at radius 2 is 2.00 bits per heavy atom. The van der Waals surface area contributed by atoms with Gasteiger partial charge < -0.3 is 10.2 Å². The van der Waals surface area contributed by atoms with E-state index in [-0.39, 0.29) is 11.5 Å². The van der Waals surface area contributed by atoms with Crippen molar-refractivity contribution in [3.8, 4) is 0 Å². The van der Waals surface area contributed by atoms with Crippen LogP contribution in [0.2, 0.25) is 0 Å².